The number of rotatable bonds is 5. The Balaban J connectivity index is 2.30. The maximum Gasteiger partial charge on any atom is 0.221 e. The summed E-state index contributed by atoms with van der Waals surface area (Å²) >= 11 is 4.39. The Labute approximate surface area is 89.6 Å². The first-order chi connectivity index (χ1) is 6.14. The smallest absolute Gasteiger partial charge is 0.221 e. The molecule has 0 spiro atoms. The van der Waals surface area contributed by atoms with Gasteiger partial charge in [-0.3, -0.25) is 0 Å². The molecule has 1 aromatic rings. The number of aromatic nitrogens is 1. The lowest BCUT2D eigenvalue weighted by Gasteiger charge is -2.00. The van der Waals surface area contributed by atoms with E-state index in [1.165, 1.54) is 11.3 Å². The van der Waals surface area contributed by atoms with Gasteiger partial charge in [-0.25, -0.2) is 18.1 Å². The molecule has 0 saturated carbocycles. The number of halogens is 1. The Bertz CT molecular complexity index is 336. The van der Waals surface area contributed by atoms with E-state index in [-0.39, 0.29) is 4.66 Å². The van der Waals surface area contributed by atoms with Crippen molar-refractivity contribution in [3.63, 3.8) is 0 Å². The molecular weight excluding hydrogens is 276 g/mol. The van der Waals surface area contributed by atoms with Crippen molar-refractivity contribution in [2.24, 2.45) is 0 Å². The largest absolute Gasteiger partial charge is 0.250 e. The van der Waals surface area contributed by atoms with Crippen LogP contribution in [0.3, 0.4) is 0 Å². The van der Waals surface area contributed by atoms with E-state index < -0.39 is 10.0 Å². The number of nitrogens with one attached hydrogen (secondary N) is 1. The van der Waals surface area contributed by atoms with Crippen LogP contribution in [0.4, 0.5) is 0 Å². The summed E-state index contributed by atoms with van der Waals surface area (Å²) in [6, 6.07) is 0. The van der Waals surface area contributed by atoms with Crippen LogP contribution in [0.15, 0.2) is 10.9 Å². The lowest BCUT2D eigenvalue weighted by Crippen LogP contribution is -2.26. The molecule has 1 aromatic heterocycles. The number of sulfonamides is 1. The molecule has 74 valence electrons. The van der Waals surface area contributed by atoms with E-state index in [1.807, 2.05) is 5.38 Å². The van der Waals surface area contributed by atoms with Crippen LogP contribution in [0.2, 0.25) is 0 Å². The topological polar surface area (TPSA) is 59.1 Å². The molecule has 0 unspecified atom stereocenters. The van der Waals surface area contributed by atoms with Crippen molar-refractivity contribution in [1.82, 2.24) is 9.71 Å². The molecule has 0 atom stereocenters. The number of hydrogen-bond donors (Lipinski definition) is 1. The van der Waals surface area contributed by atoms with E-state index in [2.05, 4.69) is 25.6 Å². The average Bonchev–Trinajstić information content (AvgIpc) is 2.57. The van der Waals surface area contributed by atoms with Crippen LogP contribution in [-0.4, -0.2) is 24.6 Å². The summed E-state index contributed by atoms with van der Waals surface area (Å²) < 4.78 is 24.3. The minimum atomic E-state index is -3.13. The first-order valence-corrected chi connectivity index (χ1v) is 7.26. The fraction of sp³-hybridized carbons (Fsp3) is 0.500. The maximum absolute atomic E-state index is 11.0. The molecule has 7 heteroatoms. The van der Waals surface area contributed by atoms with Crippen LogP contribution in [0.25, 0.3) is 0 Å². The quantitative estimate of drug-likeness (QED) is 0.820. The van der Waals surface area contributed by atoms with Crippen molar-refractivity contribution >= 4 is 37.3 Å². The van der Waals surface area contributed by atoms with Gasteiger partial charge in [0, 0.05) is 18.3 Å². The lowest BCUT2D eigenvalue weighted by molar-refractivity contribution is 0.586. The zero-order chi connectivity index (χ0) is 9.73. The Morgan fingerprint density at radius 2 is 2.38 bits per heavy atom. The Morgan fingerprint density at radius 1 is 1.62 bits per heavy atom. The highest BCUT2D eigenvalue weighted by atomic mass is 79.9. The minimum Gasteiger partial charge on any atom is -0.250 e. The van der Waals surface area contributed by atoms with Gasteiger partial charge in [0.15, 0.2) is 0 Å². The second-order valence-corrected chi connectivity index (χ2v) is 6.18. The lowest BCUT2D eigenvalue weighted by atomic mass is 10.3. The van der Waals surface area contributed by atoms with Crippen molar-refractivity contribution in [2.45, 2.75) is 6.42 Å². The predicted octanol–water partition coefficient (Wildman–Crippen LogP) is 0.957. The van der Waals surface area contributed by atoms with Gasteiger partial charge in [0.2, 0.25) is 10.0 Å². The van der Waals surface area contributed by atoms with Gasteiger partial charge in [0.1, 0.15) is 4.66 Å². The van der Waals surface area contributed by atoms with E-state index in [9.17, 15) is 8.42 Å². The third-order valence-electron chi connectivity index (χ3n) is 1.33. The number of thiazole rings is 1. The molecule has 1 heterocycles. The summed E-state index contributed by atoms with van der Waals surface area (Å²) in [5.41, 5.74) is 2.65. The third-order valence-corrected chi connectivity index (χ3v) is 4.70. The van der Waals surface area contributed by atoms with Crippen molar-refractivity contribution in [1.29, 1.82) is 0 Å². The normalized spacial score (nSPS) is 11.8. The van der Waals surface area contributed by atoms with Crippen LogP contribution in [0.5, 0.6) is 0 Å². The fourth-order valence-corrected chi connectivity index (χ4v) is 2.30. The molecule has 0 aliphatic carbocycles. The molecule has 0 aromatic carbocycles. The van der Waals surface area contributed by atoms with E-state index in [4.69, 9.17) is 0 Å². The van der Waals surface area contributed by atoms with E-state index in [1.54, 1.807) is 5.51 Å². The molecule has 1 rings (SSSR count). The van der Waals surface area contributed by atoms with Crippen LogP contribution in [0, 0.1) is 0 Å². The standard InChI is InChI=1S/C6H9BrN2O2S2/c7-4-13(10,11)9-2-1-6-3-12-5-8-6/h3,5,9H,1-2,4H2. The van der Waals surface area contributed by atoms with Crippen LogP contribution >= 0.6 is 27.3 Å². The zero-order valence-electron chi connectivity index (χ0n) is 6.73. The number of alkyl halides is 1. The van der Waals surface area contributed by atoms with Crippen LogP contribution < -0.4 is 4.72 Å². The Morgan fingerprint density at radius 3 is 2.92 bits per heavy atom. The van der Waals surface area contributed by atoms with Gasteiger partial charge in [-0.15, -0.1) is 11.3 Å². The SMILES string of the molecule is O=S(=O)(CBr)NCCc1cscn1. The highest BCUT2D eigenvalue weighted by Gasteiger charge is 2.06. The van der Waals surface area contributed by atoms with E-state index >= 15 is 0 Å². The molecule has 0 radical (unpaired) electrons. The number of nitrogens with zero attached hydrogens (tertiary/aromatic N) is 1. The molecule has 0 fully saturated rings. The molecular formula is C6H9BrN2O2S2. The molecule has 0 aliphatic heterocycles. The summed E-state index contributed by atoms with van der Waals surface area (Å²) in [4.78, 5) is 4.03. The molecule has 4 nitrogen and oxygen atoms in total. The number of hydrogen-bond acceptors (Lipinski definition) is 4. The van der Waals surface area contributed by atoms with Gasteiger partial charge >= 0.3 is 0 Å². The summed E-state index contributed by atoms with van der Waals surface area (Å²) in [5, 5.41) is 1.91. The average molecular weight is 285 g/mol. The predicted molar refractivity (Wildman–Crippen MR) is 56.5 cm³/mol. The maximum atomic E-state index is 11.0. The van der Waals surface area contributed by atoms with Crippen LogP contribution in [0.1, 0.15) is 5.69 Å². The molecule has 0 bridgehead atoms. The summed E-state index contributed by atoms with van der Waals surface area (Å²) in [6.07, 6.45) is 0.635. The van der Waals surface area contributed by atoms with Gasteiger partial charge in [-0.05, 0) is 0 Å². The van der Waals surface area contributed by atoms with Crippen molar-refractivity contribution in [3.05, 3.63) is 16.6 Å². The molecule has 0 aliphatic rings. The Kier molecular flexibility index (Phi) is 4.30. The molecule has 1 N–H and O–H groups in total. The van der Waals surface area contributed by atoms with Gasteiger partial charge < -0.3 is 0 Å². The van der Waals surface area contributed by atoms with Crippen molar-refractivity contribution in [3.8, 4) is 0 Å². The summed E-state index contributed by atoms with van der Waals surface area (Å²) in [6.45, 7) is 0.400. The van der Waals surface area contributed by atoms with Gasteiger partial charge in [0.25, 0.3) is 0 Å². The molecule has 0 amide bonds. The van der Waals surface area contributed by atoms with Crippen molar-refractivity contribution < 1.29 is 8.42 Å². The highest BCUT2D eigenvalue weighted by molar-refractivity contribution is 9.10. The van der Waals surface area contributed by atoms with E-state index in [0.29, 0.717) is 13.0 Å². The second kappa shape index (κ2) is 5.04. The second-order valence-electron chi connectivity index (χ2n) is 2.35. The minimum absolute atomic E-state index is 0.0585. The monoisotopic (exact) mass is 284 g/mol. The highest BCUT2D eigenvalue weighted by Crippen LogP contribution is 2.01. The summed E-state index contributed by atoms with van der Waals surface area (Å²) in [7, 11) is -3.13. The van der Waals surface area contributed by atoms with Crippen LogP contribution in [-0.2, 0) is 16.4 Å². The molecule has 13 heavy (non-hydrogen) atoms. The fourth-order valence-electron chi connectivity index (χ4n) is 0.734. The van der Waals surface area contributed by atoms with Crippen molar-refractivity contribution in [2.75, 3.05) is 11.2 Å². The molecule has 0 saturated heterocycles. The van der Waals surface area contributed by atoms with Gasteiger partial charge in [0.05, 0.1) is 11.2 Å². The zero-order valence-corrected chi connectivity index (χ0v) is 9.95. The Hall–Kier alpha value is 0.0200. The van der Waals surface area contributed by atoms with Gasteiger partial charge in [-0.2, -0.15) is 0 Å². The first-order valence-electron chi connectivity index (χ1n) is 3.54. The first kappa shape index (κ1) is 11.1. The third kappa shape index (κ3) is 4.17. The van der Waals surface area contributed by atoms with Gasteiger partial charge in [-0.1, -0.05) is 15.9 Å². The van der Waals surface area contributed by atoms with E-state index in [0.717, 1.165) is 5.69 Å². The summed E-state index contributed by atoms with van der Waals surface area (Å²) in [5.74, 6) is 0.